The van der Waals surface area contributed by atoms with Crippen molar-refractivity contribution in [1.29, 1.82) is 0 Å². The highest BCUT2D eigenvalue weighted by atomic mass is 19.1. The van der Waals surface area contributed by atoms with Crippen LogP contribution in [-0.4, -0.2) is 38.1 Å². The van der Waals surface area contributed by atoms with Crippen LogP contribution in [0, 0.1) is 0 Å². The lowest BCUT2D eigenvalue weighted by Crippen LogP contribution is -2.16. The monoisotopic (exact) mass is 394 g/mol. The second-order valence-corrected chi connectivity index (χ2v) is 6.75. The SMILES string of the molecule is CC(=O)c1ccccc1Nc1ncc2c(n1)-c1c(c(C(N)=O)nn1CCF)CC2. The first-order chi connectivity index (χ1) is 14.0. The molecular weight excluding hydrogens is 375 g/mol. The van der Waals surface area contributed by atoms with Gasteiger partial charge >= 0.3 is 0 Å². The Hall–Kier alpha value is -3.62. The number of halogens is 1. The summed E-state index contributed by atoms with van der Waals surface area (Å²) in [7, 11) is 0. The first-order valence-electron chi connectivity index (χ1n) is 9.18. The maximum Gasteiger partial charge on any atom is 0.269 e. The second-order valence-electron chi connectivity index (χ2n) is 6.75. The van der Waals surface area contributed by atoms with Crippen LogP contribution >= 0.6 is 0 Å². The minimum atomic E-state index is -0.648. The van der Waals surface area contributed by atoms with Crippen molar-refractivity contribution in [2.75, 3.05) is 12.0 Å². The molecular formula is C20H19FN6O2. The molecule has 4 rings (SSSR count). The number of amides is 1. The standard InChI is InChI=1S/C20H19FN6O2/c1-11(28)13-4-2-3-5-15(13)24-20-23-10-12-6-7-14-17(19(22)29)26-27(9-8-21)18(14)16(12)25-20/h2-5,10H,6-9H2,1H3,(H2,22,29)(H,23,24,25). The molecule has 9 heteroatoms. The van der Waals surface area contributed by atoms with Gasteiger partial charge in [-0.05, 0) is 37.5 Å². The lowest BCUT2D eigenvalue weighted by Gasteiger charge is -2.18. The van der Waals surface area contributed by atoms with Crippen LogP contribution in [0.25, 0.3) is 11.4 Å². The molecule has 0 saturated heterocycles. The van der Waals surface area contributed by atoms with Crippen molar-refractivity contribution in [3.05, 3.63) is 52.8 Å². The van der Waals surface area contributed by atoms with Crippen LogP contribution in [0.5, 0.6) is 0 Å². The lowest BCUT2D eigenvalue weighted by atomic mass is 9.93. The van der Waals surface area contributed by atoms with Crippen LogP contribution in [0.4, 0.5) is 16.0 Å². The Labute approximate surface area is 166 Å². The number of nitrogens with two attached hydrogens (primary N) is 1. The van der Waals surface area contributed by atoms with Crippen LogP contribution in [0.2, 0.25) is 0 Å². The number of aromatic nitrogens is 4. The summed E-state index contributed by atoms with van der Waals surface area (Å²) in [4.78, 5) is 32.6. The quantitative estimate of drug-likeness (QED) is 0.621. The number of ketones is 1. The van der Waals surface area contributed by atoms with E-state index in [1.807, 2.05) is 0 Å². The molecule has 1 amide bonds. The summed E-state index contributed by atoms with van der Waals surface area (Å²) in [5.41, 5.74) is 9.43. The molecule has 0 radical (unpaired) electrons. The number of carbonyl (C=O) groups excluding carboxylic acids is 2. The van der Waals surface area contributed by atoms with E-state index in [0.717, 1.165) is 5.56 Å². The van der Waals surface area contributed by atoms with E-state index in [1.54, 1.807) is 30.5 Å². The van der Waals surface area contributed by atoms with Gasteiger partial charge in [-0.3, -0.25) is 14.3 Å². The van der Waals surface area contributed by atoms with Crippen LogP contribution in [-0.2, 0) is 19.4 Å². The third kappa shape index (κ3) is 3.35. The van der Waals surface area contributed by atoms with Crippen molar-refractivity contribution >= 4 is 23.3 Å². The molecule has 3 N–H and O–H groups in total. The fraction of sp³-hybridized carbons (Fsp3) is 0.250. The molecule has 0 fully saturated rings. The normalized spacial score (nSPS) is 12.2. The van der Waals surface area contributed by atoms with Gasteiger partial charge in [0.2, 0.25) is 5.95 Å². The van der Waals surface area contributed by atoms with E-state index in [0.29, 0.717) is 47.0 Å². The lowest BCUT2D eigenvalue weighted by molar-refractivity contribution is 0.0990. The molecule has 0 bridgehead atoms. The third-order valence-corrected chi connectivity index (χ3v) is 4.87. The Morgan fingerprint density at radius 1 is 1.28 bits per heavy atom. The van der Waals surface area contributed by atoms with Crippen LogP contribution in [0.15, 0.2) is 30.5 Å². The number of alkyl halides is 1. The number of carbonyl (C=O) groups is 2. The van der Waals surface area contributed by atoms with Gasteiger partial charge in [0.05, 0.1) is 23.6 Å². The van der Waals surface area contributed by atoms with Crippen LogP contribution in [0.3, 0.4) is 0 Å². The number of para-hydroxylation sites is 1. The molecule has 148 valence electrons. The molecule has 0 atom stereocenters. The Balaban J connectivity index is 1.80. The molecule has 2 aromatic heterocycles. The van der Waals surface area contributed by atoms with E-state index >= 15 is 0 Å². The molecule has 0 aliphatic heterocycles. The second kappa shape index (κ2) is 7.42. The van der Waals surface area contributed by atoms with Gasteiger partial charge in [0, 0.05) is 17.3 Å². The zero-order valence-electron chi connectivity index (χ0n) is 15.8. The predicted molar refractivity (Wildman–Crippen MR) is 105 cm³/mol. The number of benzene rings is 1. The number of nitrogens with one attached hydrogen (secondary N) is 1. The van der Waals surface area contributed by atoms with Crippen molar-refractivity contribution in [2.24, 2.45) is 5.73 Å². The van der Waals surface area contributed by atoms with Crippen molar-refractivity contribution in [3.8, 4) is 11.4 Å². The van der Waals surface area contributed by atoms with E-state index in [2.05, 4.69) is 20.4 Å². The van der Waals surface area contributed by atoms with Crippen molar-refractivity contribution in [1.82, 2.24) is 19.7 Å². The van der Waals surface area contributed by atoms with E-state index in [-0.39, 0.29) is 18.0 Å². The van der Waals surface area contributed by atoms with Crippen molar-refractivity contribution in [2.45, 2.75) is 26.3 Å². The fourth-order valence-electron chi connectivity index (χ4n) is 3.58. The highest BCUT2D eigenvalue weighted by Gasteiger charge is 2.29. The Kier molecular flexibility index (Phi) is 4.79. The Morgan fingerprint density at radius 2 is 2.07 bits per heavy atom. The van der Waals surface area contributed by atoms with E-state index in [9.17, 15) is 14.0 Å². The molecule has 29 heavy (non-hydrogen) atoms. The number of hydrogen-bond acceptors (Lipinski definition) is 6. The molecule has 1 aromatic carbocycles. The predicted octanol–water partition coefficient (Wildman–Crippen LogP) is 2.45. The smallest absolute Gasteiger partial charge is 0.269 e. The first-order valence-corrected chi connectivity index (χ1v) is 9.18. The Bertz CT molecular complexity index is 1120. The number of aryl methyl sites for hydroxylation is 2. The van der Waals surface area contributed by atoms with Gasteiger partial charge in [-0.1, -0.05) is 12.1 Å². The van der Waals surface area contributed by atoms with E-state index in [4.69, 9.17) is 5.73 Å². The molecule has 8 nitrogen and oxygen atoms in total. The van der Waals surface area contributed by atoms with Gasteiger partial charge in [-0.15, -0.1) is 0 Å². The summed E-state index contributed by atoms with van der Waals surface area (Å²) in [6.07, 6.45) is 2.87. The zero-order valence-corrected chi connectivity index (χ0v) is 15.8. The fourth-order valence-corrected chi connectivity index (χ4v) is 3.58. The summed E-state index contributed by atoms with van der Waals surface area (Å²) < 4.78 is 14.5. The van der Waals surface area contributed by atoms with Gasteiger partial charge in [0.25, 0.3) is 5.91 Å². The van der Waals surface area contributed by atoms with Crippen LogP contribution < -0.4 is 11.1 Å². The molecule has 0 unspecified atom stereocenters. The Morgan fingerprint density at radius 3 is 2.79 bits per heavy atom. The van der Waals surface area contributed by atoms with E-state index in [1.165, 1.54) is 11.6 Å². The molecule has 1 aliphatic rings. The van der Waals surface area contributed by atoms with Gasteiger partial charge in [0.15, 0.2) is 11.5 Å². The average Bonchev–Trinajstić information content (AvgIpc) is 3.08. The largest absolute Gasteiger partial charge is 0.364 e. The summed E-state index contributed by atoms with van der Waals surface area (Å²) in [6, 6.07) is 7.07. The summed E-state index contributed by atoms with van der Waals surface area (Å²) in [6.45, 7) is 0.847. The van der Waals surface area contributed by atoms with Gasteiger partial charge in [-0.25, -0.2) is 14.4 Å². The van der Waals surface area contributed by atoms with Crippen molar-refractivity contribution in [3.63, 3.8) is 0 Å². The van der Waals surface area contributed by atoms with E-state index < -0.39 is 12.6 Å². The number of primary amides is 1. The summed E-state index contributed by atoms with van der Waals surface area (Å²) in [5.74, 6) is -0.440. The topological polar surface area (TPSA) is 116 Å². The third-order valence-electron chi connectivity index (χ3n) is 4.87. The maximum atomic E-state index is 13.1. The minimum absolute atomic E-state index is 0.00497. The number of nitrogens with zero attached hydrogens (tertiary/aromatic N) is 4. The maximum absolute atomic E-state index is 13.1. The number of Topliss-reactive ketones (excluding diaryl/α,β-unsaturated/α-hetero) is 1. The highest BCUT2D eigenvalue weighted by molar-refractivity contribution is 6.00. The van der Waals surface area contributed by atoms with Crippen molar-refractivity contribution < 1.29 is 14.0 Å². The average molecular weight is 394 g/mol. The number of anilines is 2. The molecule has 2 heterocycles. The minimum Gasteiger partial charge on any atom is -0.364 e. The zero-order chi connectivity index (χ0) is 20.5. The highest BCUT2D eigenvalue weighted by Crippen LogP contribution is 2.34. The first kappa shape index (κ1) is 18.7. The van der Waals surface area contributed by atoms with Gasteiger partial charge in [-0.2, -0.15) is 5.10 Å². The number of hydrogen-bond donors (Lipinski definition) is 2. The van der Waals surface area contributed by atoms with Gasteiger partial charge in [0.1, 0.15) is 6.67 Å². The summed E-state index contributed by atoms with van der Waals surface area (Å²) in [5, 5.41) is 7.28. The molecule has 0 spiro atoms. The molecule has 3 aromatic rings. The molecule has 0 saturated carbocycles. The molecule has 1 aliphatic carbocycles. The summed E-state index contributed by atoms with van der Waals surface area (Å²) >= 11 is 0. The van der Waals surface area contributed by atoms with Crippen LogP contribution in [0.1, 0.15) is 38.9 Å². The number of fused-ring (bicyclic) bond motifs is 3. The number of rotatable bonds is 6. The van der Waals surface area contributed by atoms with Gasteiger partial charge < -0.3 is 11.1 Å².